The summed E-state index contributed by atoms with van der Waals surface area (Å²) in [6.45, 7) is 3.23. The van der Waals surface area contributed by atoms with Crippen LogP contribution in [0.15, 0.2) is 10.2 Å². The van der Waals surface area contributed by atoms with Crippen LogP contribution in [-0.2, 0) is 0 Å². The lowest BCUT2D eigenvalue weighted by Crippen LogP contribution is -2.61. The fraction of sp³-hybridized carbons (Fsp3) is 0.750. The molecule has 0 saturated carbocycles. The van der Waals surface area contributed by atoms with Gasteiger partial charge in [0.2, 0.25) is 0 Å². The Morgan fingerprint density at radius 3 is 2.83 bits per heavy atom. The molecule has 0 spiro atoms. The summed E-state index contributed by atoms with van der Waals surface area (Å²) in [4.78, 5) is 2.08. The predicted octanol–water partition coefficient (Wildman–Crippen LogP) is 0.231. The lowest BCUT2D eigenvalue weighted by molar-refractivity contribution is -0.0506. The van der Waals surface area contributed by atoms with E-state index in [1.54, 1.807) is 0 Å². The van der Waals surface area contributed by atoms with Crippen molar-refractivity contribution >= 4 is 12.1 Å². The van der Waals surface area contributed by atoms with E-state index in [0.717, 1.165) is 18.7 Å². The number of rotatable bonds is 0. The van der Waals surface area contributed by atoms with Crippen LogP contribution in [0.1, 0.15) is 19.8 Å². The van der Waals surface area contributed by atoms with Crippen LogP contribution >= 0.6 is 0 Å². The number of amidine groups is 1. The van der Waals surface area contributed by atoms with E-state index in [4.69, 9.17) is 0 Å². The zero-order valence-corrected chi connectivity index (χ0v) is 7.19. The van der Waals surface area contributed by atoms with Gasteiger partial charge in [-0.1, -0.05) is 0 Å². The number of hydrogen-bond donors (Lipinski definition) is 1. The smallest absolute Gasteiger partial charge is 0.128 e. The Morgan fingerprint density at radius 2 is 2.33 bits per heavy atom. The van der Waals surface area contributed by atoms with Crippen LogP contribution in [0.25, 0.3) is 0 Å². The fourth-order valence-electron chi connectivity index (χ4n) is 1.59. The number of β-amino-alcohol motifs (C(OH)–C–C–N with tert-alkyl or cyclic N) is 1. The summed E-state index contributed by atoms with van der Waals surface area (Å²) in [5, 5.41) is 17.3. The highest BCUT2D eigenvalue weighted by molar-refractivity contribution is 5.87. The molecule has 66 valence electrons. The zero-order chi connectivity index (χ0) is 8.60. The summed E-state index contributed by atoms with van der Waals surface area (Å²) < 4.78 is 0. The van der Waals surface area contributed by atoms with Crippen molar-refractivity contribution in [2.45, 2.75) is 25.4 Å². The third kappa shape index (κ3) is 1.34. The van der Waals surface area contributed by atoms with Crippen LogP contribution in [0, 0.1) is 0 Å². The Balaban J connectivity index is 1.95. The molecular weight excluding hydrogens is 154 g/mol. The van der Waals surface area contributed by atoms with Crippen molar-refractivity contribution in [1.29, 1.82) is 0 Å². The molecule has 0 unspecified atom stereocenters. The van der Waals surface area contributed by atoms with Gasteiger partial charge in [0.25, 0.3) is 0 Å². The van der Waals surface area contributed by atoms with Crippen LogP contribution in [0.4, 0.5) is 0 Å². The first-order valence-electron chi connectivity index (χ1n) is 4.23. The van der Waals surface area contributed by atoms with Crippen molar-refractivity contribution in [3.63, 3.8) is 0 Å². The zero-order valence-electron chi connectivity index (χ0n) is 7.19. The van der Waals surface area contributed by atoms with E-state index in [0.29, 0.717) is 13.1 Å². The van der Waals surface area contributed by atoms with Crippen LogP contribution in [-0.4, -0.2) is 40.7 Å². The maximum absolute atomic E-state index is 9.48. The first kappa shape index (κ1) is 7.73. The Labute approximate surface area is 71.6 Å². The SMILES string of the molecule is CC1(O)CN(C2=NN=CCC2)C1. The van der Waals surface area contributed by atoms with Gasteiger partial charge in [-0.25, -0.2) is 0 Å². The van der Waals surface area contributed by atoms with E-state index < -0.39 is 5.60 Å². The molecule has 1 N–H and O–H groups in total. The van der Waals surface area contributed by atoms with Crippen molar-refractivity contribution in [2.24, 2.45) is 10.2 Å². The van der Waals surface area contributed by atoms with E-state index in [1.807, 2.05) is 13.1 Å². The minimum Gasteiger partial charge on any atom is -0.386 e. The quantitative estimate of drug-likeness (QED) is 0.561. The van der Waals surface area contributed by atoms with Crippen LogP contribution in [0.5, 0.6) is 0 Å². The molecule has 0 amide bonds. The molecule has 0 aromatic heterocycles. The lowest BCUT2D eigenvalue weighted by atomic mass is 9.96. The third-order valence-electron chi connectivity index (χ3n) is 2.18. The largest absolute Gasteiger partial charge is 0.386 e. The number of aliphatic hydroxyl groups is 1. The van der Waals surface area contributed by atoms with Crippen molar-refractivity contribution in [3.8, 4) is 0 Å². The first-order chi connectivity index (χ1) is 5.67. The molecule has 0 bridgehead atoms. The Hall–Kier alpha value is -0.900. The minimum absolute atomic E-state index is 0.510. The molecule has 0 aromatic rings. The summed E-state index contributed by atoms with van der Waals surface area (Å²) in [5.74, 6) is 1.02. The Morgan fingerprint density at radius 1 is 1.58 bits per heavy atom. The molecule has 4 nitrogen and oxygen atoms in total. The van der Waals surface area contributed by atoms with Gasteiger partial charge in [0.1, 0.15) is 5.84 Å². The van der Waals surface area contributed by atoms with Crippen LogP contribution in [0.2, 0.25) is 0 Å². The summed E-state index contributed by atoms with van der Waals surface area (Å²) >= 11 is 0. The standard InChI is InChI=1S/C8H13N3O/c1-8(12)5-11(6-8)7-3-2-4-9-10-7/h4,12H,2-3,5-6H2,1H3. The van der Waals surface area contributed by atoms with Crippen LogP contribution < -0.4 is 0 Å². The van der Waals surface area contributed by atoms with Crippen LogP contribution in [0.3, 0.4) is 0 Å². The molecule has 2 rings (SSSR count). The molecule has 0 aromatic carbocycles. The molecule has 12 heavy (non-hydrogen) atoms. The number of likely N-dealkylation sites (tertiary alicyclic amines) is 1. The normalized spacial score (nSPS) is 26.5. The lowest BCUT2D eigenvalue weighted by Gasteiger charge is -2.45. The van der Waals surface area contributed by atoms with Gasteiger partial charge in [-0.3, -0.25) is 0 Å². The summed E-state index contributed by atoms with van der Waals surface area (Å²) in [6.07, 6.45) is 3.75. The fourth-order valence-corrected chi connectivity index (χ4v) is 1.59. The second-order valence-electron chi connectivity index (χ2n) is 3.71. The van der Waals surface area contributed by atoms with E-state index in [1.165, 1.54) is 0 Å². The van der Waals surface area contributed by atoms with E-state index in [9.17, 15) is 5.11 Å². The van der Waals surface area contributed by atoms with Gasteiger partial charge in [0.15, 0.2) is 0 Å². The molecule has 2 aliphatic heterocycles. The maximum Gasteiger partial charge on any atom is 0.128 e. The average molecular weight is 167 g/mol. The molecule has 1 fully saturated rings. The molecular formula is C8H13N3O. The summed E-state index contributed by atoms with van der Waals surface area (Å²) in [6, 6.07) is 0. The van der Waals surface area contributed by atoms with E-state index in [-0.39, 0.29) is 0 Å². The van der Waals surface area contributed by atoms with Crippen molar-refractivity contribution in [3.05, 3.63) is 0 Å². The molecule has 0 atom stereocenters. The molecule has 4 heteroatoms. The van der Waals surface area contributed by atoms with E-state index >= 15 is 0 Å². The van der Waals surface area contributed by atoms with Gasteiger partial charge >= 0.3 is 0 Å². The van der Waals surface area contributed by atoms with Crippen molar-refractivity contribution < 1.29 is 5.11 Å². The van der Waals surface area contributed by atoms with Gasteiger partial charge in [0.05, 0.1) is 5.60 Å². The van der Waals surface area contributed by atoms with Gasteiger partial charge in [-0.2, -0.15) is 5.10 Å². The molecule has 1 saturated heterocycles. The molecule has 0 radical (unpaired) electrons. The highest BCUT2D eigenvalue weighted by Crippen LogP contribution is 2.22. The summed E-state index contributed by atoms with van der Waals surface area (Å²) in [7, 11) is 0. The Bertz CT molecular complexity index is 237. The second kappa shape index (κ2) is 2.55. The average Bonchev–Trinajstić information content (AvgIpc) is 2.02. The number of hydrogen-bond acceptors (Lipinski definition) is 4. The first-order valence-corrected chi connectivity index (χ1v) is 4.23. The van der Waals surface area contributed by atoms with Gasteiger partial charge in [-0.05, 0) is 13.3 Å². The summed E-state index contributed by atoms with van der Waals surface area (Å²) in [5.41, 5.74) is -0.510. The monoisotopic (exact) mass is 167 g/mol. The van der Waals surface area contributed by atoms with Crippen molar-refractivity contribution in [1.82, 2.24) is 4.90 Å². The maximum atomic E-state index is 9.48. The van der Waals surface area contributed by atoms with Gasteiger partial charge in [0, 0.05) is 25.7 Å². The third-order valence-corrected chi connectivity index (χ3v) is 2.18. The predicted molar refractivity (Wildman–Crippen MR) is 47.4 cm³/mol. The number of nitrogens with zero attached hydrogens (tertiary/aromatic N) is 3. The highest BCUT2D eigenvalue weighted by atomic mass is 16.3. The topological polar surface area (TPSA) is 48.2 Å². The molecule has 2 aliphatic rings. The van der Waals surface area contributed by atoms with Gasteiger partial charge in [-0.15, -0.1) is 5.10 Å². The Kier molecular flexibility index (Phi) is 1.65. The molecule has 0 aliphatic carbocycles. The highest BCUT2D eigenvalue weighted by Gasteiger charge is 2.38. The molecule has 2 heterocycles. The van der Waals surface area contributed by atoms with E-state index in [2.05, 4.69) is 15.1 Å². The van der Waals surface area contributed by atoms with Gasteiger partial charge < -0.3 is 10.0 Å². The second-order valence-corrected chi connectivity index (χ2v) is 3.71. The van der Waals surface area contributed by atoms with Crippen molar-refractivity contribution in [2.75, 3.05) is 13.1 Å². The minimum atomic E-state index is -0.510.